The maximum atomic E-state index is 12.9. The van der Waals surface area contributed by atoms with Crippen LogP contribution in [0.4, 0.5) is 10.1 Å². The number of methoxy groups -OCH3 is 1. The molecule has 0 unspecified atom stereocenters. The number of halogens is 1. The van der Waals surface area contributed by atoms with Gasteiger partial charge in [0.25, 0.3) is 0 Å². The van der Waals surface area contributed by atoms with Gasteiger partial charge in [-0.25, -0.2) is 12.8 Å². The van der Waals surface area contributed by atoms with Crippen LogP contribution in [0.5, 0.6) is 5.75 Å². The van der Waals surface area contributed by atoms with Crippen molar-refractivity contribution in [2.24, 2.45) is 0 Å². The molecule has 0 aliphatic carbocycles. The Kier molecular flexibility index (Phi) is 6.79. The molecular weight excluding hydrogens is 371 g/mol. The molecule has 0 radical (unpaired) electrons. The molecule has 0 saturated carbocycles. The average Bonchev–Trinajstić information content (AvgIpc) is 2.60. The summed E-state index contributed by atoms with van der Waals surface area (Å²) in [7, 11) is -2.14. The minimum absolute atomic E-state index is 0.0199. The zero-order chi connectivity index (χ0) is 20.0. The third-order valence-corrected chi connectivity index (χ3v) is 5.13. The van der Waals surface area contributed by atoms with Gasteiger partial charge in [-0.3, -0.25) is 9.10 Å². The molecule has 2 aromatic rings. The summed E-state index contributed by atoms with van der Waals surface area (Å²) >= 11 is 0. The average molecular weight is 394 g/mol. The molecule has 8 heteroatoms. The van der Waals surface area contributed by atoms with E-state index in [0.29, 0.717) is 11.4 Å². The number of aryl methyl sites for hydroxylation is 1. The molecule has 0 aliphatic rings. The summed E-state index contributed by atoms with van der Waals surface area (Å²) in [5.41, 5.74) is 2.02. The molecule has 0 heterocycles. The quantitative estimate of drug-likeness (QED) is 0.747. The Morgan fingerprint density at radius 3 is 2.44 bits per heavy atom. The lowest BCUT2D eigenvalue weighted by atomic mass is 10.2. The molecule has 0 aromatic heterocycles. The number of hydrogen-bond donors (Lipinski definition) is 1. The first-order valence-electron chi connectivity index (χ1n) is 8.34. The van der Waals surface area contributed by atoms with Crippen LogP contribution in [0, 0.1) is 12.7 Å². The summed E-state index contributed by atoms with van der Waals surface area (Å²) < 4.78 is 43.8. The van der Waals surface area contributed by atoms with Gasteiger partial charge in [-0.15, -0.1) is 0 Å². The Morgan fingerprint density at radius 1 is 1.19 bits per heavy atom. The monoisotopic (exact) mass is 394 g/mol. The number of amides is 1. The number of ether oxygens (including phenoxy) is 1. The van der Waals surface area contributed by atoms with Crippen molar-refractivity contribution in [1.29, 1.82) is 0 Å². The van der Waals surface area contributed by atoms with Crippen LogP contribution < -0.4 is 14.4 Å². The summed E-state index contributed by atoms with van der Waals surface area (Å²) in [5.74, 6) is -0.238. The zero-order valence-corrected chi connectivity index (χ0v) is 16.3. The van der Waals surface area contributed by atoms with Crippen molar-refractivity contribution in [3.05, 3.63) is 59.4 Å². The lowest BCUT2D eigenvalue weighted by Gasteiger charge is -2.24. The van der Waals surface area contributed by atoms with E-state index in [1.165, 1.54) is 19.2 Å². The summed E-state index contributed by atoms with van der Waals surface area (Å²) in [4.78, 5) is 12.1. The summed E-state index contributed by atoms with van der Waals surface area (Å²) in [6, 6.07) is 11.0. The van der Waals surface area contributed by atoms with Crippen LogP contribution in [0.1, 0.15) is 17.5 Å². The first-order chi connectivity index (χ1) is 12.7. The van der Waals surface area contributed by atoms with Crippen LogP contribution in [-0.2, 0) is 21.4 Å². The number of benzene rings is 2. The molecule has 6 nitrogen and oxygen atoms in total. The highest BCUT2D eigenvalue weighted by Crippen LogP contribution is 2.31. The molecule has 0 aliphatic heterocycles. The van der Waals surface area contributed by atoms with Crippen LogP contribution in [0.3, 0.4) is 0 Å². The maximum absolute atomic E-state index is 12.9. The normalized spacial score (nSPS) is 11.1. The Bertz CT molecular complexity index is 898. The molecule has 1 amide bonds. The maximum Gasteiger partial charge on any atom is 0.232 e. The number of nitrogens with one attached hydrogen (secondary N) is 1. The van der Waals surface area contributed by atoms with E-state index in [4.69, 9.17) is 4.74 Å². The van der Waals surface area contributed by atoms with Crippen LogP contribution in [0.15, 0.2) is 42.5 Å². The fourth-order valence-electron chi connectivity index (χ4n) is 2.55. The Balaban J connectivity index is 2.06. The molecule has 0 spiro atoms. The van der Waals surface area contributed by atoms with Crippen molar-refractivity contribution in [3.8, 4) is 5.75 Å². The highest BCUT2D eigenvalue weighted by atomic mass is 32.2. The lowest BCUT2D eigenvalue weighted by Crippen LogP contribution is -2.34. The number of hydrogen-bond acceptors (Lipinski definition) is 4. The largest absolute Gasteiger partial charge is 0.495 e. The van der Waals surface area contributed by atoms with Gasteiger partial charge in [0.2, 0.25) is 15.9 Å². The molecule has 1 N–H and O–H groups in total. The molecule has 0 saturated heterocycles. The first-order valence-corrected chi connectivity index (χ1v) is 10.2. The van der Waals surface area contributed by atoms with E-state index in [0.717, 1.165) is 21.7 Å². The zero-order valence-electron chi connectivity index (χ0n) is 15.5. The van der Waals surface area contributed by atoms with E-state index in [1.54, 1.807) is 24.3 Å². The van der Waals surface area contributed by atoms with Gasteiger partial charge < -0.3 is 10.1 Å². The summed E-state index contributed by atoms with van der Waals surface area (Å²) in [6.45, 7) is 2.07. The van der Waals surface area contributed by atoms with E-state index in [1.807, 2.05) is 13.0 Å². The van der Waals surface area contributed by atoms with E-state index in [9.17, 15) is 17.6 Å². The second kappa shape index (κ2) is 8.85. The first kappa shape index (κ1) is 20.7. The predicted octanol–water partition coefficient (Wildman–Crippen LogP) is 2.62. The SMILES string of the molecule is COc1ccc(C)cc1N(CCC(=O)NCc1ccc(F)cc1)S(C)(=O)=O. The number of rotatable bonds is 8. The van der Waals surface area contributed by atoms with Crippen molar-refractivity contribution in [3.63, 3.8) is 0 Å². The van der Waals surface area contributed by atoms with E-state index < -0.39 is 10.0 Å². The third-order valence-electron chi connectivity index (χ3n) is 3.95. The van der Waals surface area contributed by atoms with Gasteiger partial charge in [-0.05, 0) is 42.3 Å². The van der Waals surface area contributed by atoms with Gasteiger partial charge in [0.1, 0.15) is 11.6 Å². The van der Waals surface area contributed by atoms with Gasteiger partial charge in [-0.1, -0.05) is 18.2 Å². The van der Waals surface area contributed by atoms with Crippen molar-refractivity contribution in [2.75, 3.05) is 24.2 Å². The van der Waals surface area contributed by atoms with Gasteiger partial charge in [-0.2, -0.15) is 0 Å². The number of nitrogens with zero attached hydrogens (tertiary/aromatic N) is 1. The molecule has 2 aromatic carbocycles. The second-order valence-electron chi connectivity index (χ2n) is 6.16. The third kappa shape index (κ3) is 5.96. The second-order valence-corrected chi connectivity index (χ2v) is 8.07. The Morgan fingerprint density at radius 2 is 1.85 bits per heavy atom. The number of anilines is 1. The van der Waals surface area contributed by atoms with Crippen molar-refractivity contribution in [2.45, 2.75) is 19.9 Å². The fourth-order valence-corrected chi connectivity index (χ4v) is 3.48. The minimum atomic E-state index is -3.60. The topological polar surface area (TPSA) is 75.7 Å². The highest BCUT2D eigenvalue weighted by molar-refractivity contribution is 7.92. The molecule has 0 atom stereocenters. The summed E-state index contributed by atoms with van der Waals surface area (Å²) in [5, 5.41) is 2.70. The van der Waals surface area contributed by atoms with Gasteiger partial charge in [0.15, 0.2) is 0 Å². The van der Waals surface area contributed by atoms with Gasteiger partial charge in [0, 0.05) is 19.5 Å². The smallest absolute Gasteiger partial charge is 0.232 e. The summed E-state index contributed by atoms with van der Waals surface area (Å²) in [6.07, 6.45) is 1.07. The Hall–Kier alpha value is -2.61. The van der Waals surface area contributed by atoms with Crippen LogP contribution in [0.2, 0.25) is 0 Å². The van der Waals surface area contributed by atoms with E-state index in [2.05, 4.69) is 5.32 Å². The molecule has 0 fully saturated rings. The van der Waals surface area contributed by atoms with Crippen LogP contribution in [-0.4, -0.2) is 34.2 Å². The van der Waals surface area contributed by atoms with Crippen molar-refractivity contribution < 1.29 is 22.3 Å². The van der Waals surface area contributed by atoms with Gasteiger partial charge in [0.05, 0.1) is 19.1 Å². The Labute approximate surface area is 159 Å². The molecule has 0 bridgehead atoms. The minimum Gasteiger partial charge on any atom is -0.495 e. The molecular formula is C19H23FN2O4S. The number of carbonyl (C=O) groups excluding carboxylic acids is 1. The van der Waals surface area contributed by atoms with Crippen LogP contribution >= 0.6 is 0 Å². The van der Waals surface area contributed by atoms with E-state index in [-0.39, 0.29) is 31.2 Å². The highest BCUT2D eigenvalue weighted by Gasteiger charge is 2.22. The van der Waals surface area contributed by atoms with Crippen LogP contribution in [0.25, 0.3) is 0 Å². The van der Waals surface area contributed by atoms with Crippen molar-refractivity contribution >= 4 is 21.6 Å². The van der Waals surface area contributed by atoms with Gasteiger partial charge >= 0.3 is 0 Å². The standard InChI is InChI=1S/C19H23FN2O4S/c1-14-4-9-18(26-2)17(12-14)22(27(3,24)25)11-10-19(23)21-13-15-5-7-16(20)8-6-15/h4-9,12H,10-11,13H2,1-3H3,(H,21,23). The molecule has 146 valence electrons. The predicted molar refractivity (Wildman–Crippen MR) is 103 cm³/mol. The number of carbonyl (C=O) groups is 1. The number of sulfonamides is 1. The van der Waals surface area contributed by atoms with Crippen molar-refractivity contribution in [1.82, 2.24) is 5.32 Å². The molecule has 27 heavy (non-hydrogen) atoms. The lowest BCUT2D eigenvalue weighted by molar-refractivity contribution is -0.121. The molecule has 2 rings (SSSR count). The van der Waals surface area contributed by atoms with E-state index >= 15 is 0 Å². The fraction of sp³-hybridized carbons (Fsp3) is 0.316.